The number of aromatic nitrogens is 4. The fourth-order valence-corrected chi connectivity index (χ4v) is 4.26. The molecule has 3 heterocycles. The molecule has 35 heavy (non-hydrogen) atoms. The number of hydrogen-bond donors (Lipinski definition) is 2. The van der Waals surface area contributed by atoms with Gasteiger partial charge in [0.25, 0.3) is 5.56 Å². The summed E-state index contributed by atoms with van der Waals surface area (Å²) < 4.78 is 77.6. The Balaban J connectivity index is 1.27. The minimum absolute atomic E-state index is 0.0562. The van der Waals surface area contributed by atoms with Gasteiger partial charge in [0.2, 0.25) is 11.9 Å². The Morgan fingerprint density at radius 2 is 1.71 bits per heavy atom. The summed E-state index contributed by atoms with van der Waals surface area (Å²) in [6.07, 6.45) is -7.39. The molecular formula is C20H21F6N7O2. The molecule has 2 N–H and O–H groups in total. The highest BCUT2D eigenvalue weighted by Crippen LogP contribution is 2.37. The summed E-state index contributed by atoms with van der Waals surface area (Å²) in [6.45, 7) is 1.55. The van der Waals surface area contributed by atoms with E-state index in [1.54, 1.807) is 9.80 Å². The maximum absolute atomic E-state index is 13.2. The number of rotatable bonds is 5. The molecule has 1 unspecified atom stereocenters. The number of carbonyl (C=O) groups excluding carboxylic acids is 1. The van der Waals surface area contributed by atoms with Gasteiger partial charge in [-0.1, -0.05) is 0 Å². The van der Waals surface area contributed by atoms with E-state index in [0.717, 1.165) is 12.4 Å². The average molecular weight is 505 g/mol. The number of aromatic amines is 1. The van der Waals surface area contributed by atoms with Gasteiger partial charge in [-0.3, -0.25) is 9.59 Å². The molecule has 190 valence electrons. The van der Waals surface area contributed by atoms with Crippen molar-refractivity contribution in [2.24, 2.45) is 0 Å². The first-order chi connectivity index (χ1) is 16.4. The molecule has 0 radical (unpaired) electrons. The fourth-order valence-electron chi connectivity index (χ4n) is 4.26. The quantitative estimate of drug-likeness (QED) is 0.598. The van der Waals surface area contributed by atoms with Gasteiger partial charge in [-0.05, 0) is 18.4 Å². The summed E-state index contributed by atoms with van der Waals surface area (Å²) >= 11 is 0. The van der Waals surface area contributed by atoms with Crippen LogP contribution in [0.25, 0.3) is 0 Å². The molecule has 15 heteroatoms. The summed E-state index contributed by atoms with van der Waals surface area (Å²) in [6, 6.07) is -0.510. The SMILES string of the molecule is O=C(CCNC1CCc2c1n[nH]c(=O)c2C(F)(F)F)N1CCN(c2ncc(C(F)(F)F)cn2)CC1. The molecule has 0 bridgehead atoms. The number of nitrogens with one attached hydrogen (secondary N) is 2. The van der Waals surface area contributed by atoms with Crippen molar-refractivity contribution in [1.82, 2.24) is 30.4 Å². The summed E-state index contributed by atoms with van der Waals surface area (Å²) in [7, 11) is 0. The van der Waals surface area contributed by atoms with E-state index in [0.29, 0.717) is 32.6 Å². The maximum Gasteiger partial charge on any atom is 0.422 e. The minimum Gasteiger partial charge on any atom is -0.339 e. The molecule has 0 aromatic carbocycles. The van der Waals surface area contributed by atoms with Gasteiger partial charge in [0.1, 0.15) is 5.56 Å². The second kappa shape index (κ2) is 9.43. The van der Waals surface area contributed by atoms with E-state index in [4.69, 9.17) is 0 Å². The van der Waals surface area contributed by atoms with Crippen LogP contribution in [0.2, 0.25) is 0 Å². The summed E-state index contributed by atoms with van der Waals surface area (Å²) in [5.41, 5.74) is -3.42. The van der Waals surface area contributed by atoms with Crippen LogP contribution in [0, 0.1) is 0 Å². The highest BCUT2D eigenvalue weighted by molar-refractivity contribution is 5.76. The zero-order valence-electron chi connectivity index (χ0n) is 18.2. The van der Waals surface area contributed by atoms with Gasteiger partial charge >= 0.3 is 12.4 Å². The largest absolute Gasteiger partial charge is 0.422 e. The Morgan fingerprint density at radius 3 is 2.31 bits per heavy atom. The highest BCUT2D eigenvalue weighted by atomic mass is 19.4. The van der Waals surface area contributed by atoms with E-state index in [1.165, 1.54) is 0 Å². The van der Waals surface area contributed by atoms with Gasteiger partial charge in [-0.2, -0.15) is 31.4 Å². The van der Waals surface area contributed by atoms with Crippen LogP contribution in [-0.2, 0) is 23.6 Å². The lowest BCUT2D eigenvalue weighted by Gasteiger charge is -2.34. The van der Waals surface area contributed by atoms with Crippen LogP contribution in [0.1, 0.15) is 41.3 Å². The Bertz CT molecular complexity index is 1120. The zero-order chi connectivity index (χ0) is 25.4. The third-order valence-corrected chi connectivity index (χ3v) is 6.02. The number of amides is 1. The van der Waals surface area contributed by atoms with E-state index >= 15 is 0 Å². The number of fused-ring (bicyclic) bond motifs is 1. The topological polar surface area (TPSA) is 107 Å². The number of halogens is 6. The summed E-state index contributed by atoms with van der Waals surface area (Å²) in [5, 5.41) is 8.72. The Kier molecular flexibility index (Phi) is 6.71. The molecule has 1 aliphatic heterocycles. The number of hydrogen-bond acceptors (Lipinski definition) is 7. The molecule has 4 rings (SSSR count). The van der Waals surface area contributed by atoms with Crippen molar-refractivity contribution in [2.75, 3.05) is 37.6 Å². The van der Waals surface area contributed by atoms with E-state index < -0.39 is 35.1 Å². The fraction of sp³-hybridized carbons (Fsp3) is 0.550. The third kappa shape index (κ3) is 5.39. The molecule has 2 aromatic heterocycles. The van der Waals surface area contributed by atoms with E-state index in [2.05, 4.69) is 20.4 Å². The van der Waals surface area contributed by atoms with Gasteiger partial charge in [0.15, 0.2) is 0 Å². The van der Waals surface area contributed by atoms with Crippen LogP contribution in [0.5, 0.6) is 0 Å². The number of carbonyl (C=O) groups is 1. The first kappa shape index (κ1) is 24.9. The molecule has 0 spiro atoms. The van der Waals surface area contributed by atoms with Crippen LogP contribution in [-0.4, -0.2) is 63.7 Å². The van der Waals surface area contributed by atoms with Crippen molar-refractivity contribution in [3.05, 3.63) is 45.1 Å². The van der Waals surface area contributed by atoms with E-state index in [1.807, 2.05) is 5.10 Å². The minimum atomic E-state index is -4.78. The molecule has 1 saturated heterocycles. The lowest BCUT2D eigenvalue weighted by Crippen LogP contribution is -2.49. The molecule has 9 nitrogen and oxygen atoms in total. The van der Waals surface area contributed by atoms with E-state index in [-0.39, 0.29) is 42.5 Å². The van der Waals surface area contributed by atoms with Crippen molar-refractivity contribution in [1.29, 1.82) is 0 Å². The maximum atomic E-state index is 13.2. The standard InChI is InChI=1S/C20H21F6N7O2/c21-19(22,23)11-9-28-18(29-10-11)33-7-5-32(6-8-33)14(34)3-4-27-13-2-1-12-15(20(24,25)26)17(35)31-30-16(12)13/h9-10,13,27H,1-8H2,(H,31,35). The Labute approximate surface area is 194 Å². The molecule has 1 amide bonds. The molecular weight excluding hydrogens is 484 g/mol. The lowest BCUT2D eigenvalue weighted by molar-refractivity contribution is -0.139. The molecule has 1 atom stereocenters. The Morgan fingerprint density at radius 1 is 1.06 bits per heavy atom. The molecule has 1 fully saturated rings. The zero-order valence-corrected chi connectivity index (χ0v) is 18.2. The van der Waals surface area contributed by atoms with Crippen LogP contribution in [0.15, 0.2) is 17.2 Å². The highest BCUT2D eigenvalue weighted by Gasteiger charge is 2.41. The van der Waals surface area contributed by atoms with Crippen molar-refractivity contribution in [2.45, 2.75) is 37.7 Å². The summed E-state index contributed by atoms with van der Waals surface area (Å²) in [4.78, 5) is 35.0. The third-order valence-electron chi connectivity index (χ3n) is 6.02. The molecule has 2 aliphatic rings. The van der Waals surface area contributed by atoms with Gasteiger partial charge in [0.05, 0.1) is 17.3 Å². The first-order valence-electron chi connectivity index (χ1n) is 10.8. The second-order valence-electron chi connectivity index (χ2n) is 8.22. The monoisotopic (exact) mass is 505 g/mol. The predicted molar refractivity (Wildman–Crippen MR) is 109 cm³/mol. The van der Waals surface area contributed by atoms with Gasteiger partial charge in [-0.25, -0.2) is 15.1 Å². The van der Waals surface area contributed by atoms with Gasteiger partial charge in [-0.15, -0.1) is 0 Å². The number of alkyl halides is 6. The lowest BCUT2D eigenvalue weighted by atomic mass is 10.1. The normalized spacial score (nSPS) is 18.6. The van der Waals surface area contributed by atoms with Crippen molar-refractivity contribution in [3.63, 3.8) is 0 Å². The van der Waals surface area contributed by atoms with Crippen molar-refractivity contribution < 1.29 is 31.1 Å². The van der Waals surface area contributed by atoms with Crippen LogP contribution < -0.4 is 15.8 Å². The Hall–Kier alpha value is -3.23. The number of piperazine rings is 1. The van der Waals surface area contributed by atoms with Crippen LogP contribution in [0.4, 0.5) is 32.3 Å². The van der Waals surface area contributed by atoms with Crippen LogP contribution in [0.3, 0.4) is 0 Å². The molecule has 1 aliphatic carbocycles. The number of nitrogens with zero attached hydrogens (tertiary/aromatic N) is 5. The average Bonchev–Trinajstić information content (AvgIpc) is 3.20. The van der Waals surface area contributed by atoms with Gasteiger partial charge in [0, 0.05) is 51.5 Å². The van der Waals surface area contributed by atoms with Crippen LogP contribution >= 0.6 is 0 Å². The van der Waals surface area contributed by atoms with Gasteiger partial charge < -0.3 is 15.1 Å². The van der Waals surface area contributed by atoms with Crippen molar-refractivity contribution >= 4 is 11.9 Å². The number of anilines is 1. The van der Waals surface area contributed by atoms with Crippen molar-refractivity contribution in [3.8, 4) is 0 Å². The van der Waals surface area contributed by atoms with E-state index in [9.17, 15) is 35.9 Å². The summed E-state index contributed by atoms with van der Waals surface area (Å²) in [5.74, 6) is -0.0236. The smallest absolute Gasteiger partial charge is 0.339 e. The second-order valence-corrected chi connectivity index (χ2v) is 8.22. The molecule has 2 aromatic rings. The number of H-pyrrole nitrogens is 1. The predicted octanol–water partition coefficient (Wildman–Crippen LogP) is 1.91. The first-order valence-corrected chi connectivity index (χ1v) is 10.8. The molecule has 0 saturated carbocycles.